The van der Waals surface area contributed by atoms with Crippen molar-refractivity contribution in [1.82, 2.24) is 14.1 Å². The van der Waals surface area contributed by atoms with Gasteiger partial charge < -0.3 is 0 Å². The van der Waals surface area contributed by atoms with Crippen molar-refractivity contribution in [2.45, 2.75) is 25.7 Å². The predicted molar refractivity (Wildman–Crippen MR) is 104 cm³/mol. The number of aryl methyl sites for hydroxylation is 2. The van der Waals surface area contributed by atoms with Gasteiger partial charge in [-0.1, -0.05) is 29.8 Å². The smallest absolute Gasteiger partial charge is 0.233 e. The van der Waals surface area contributed by atoms with E-state index in [9.17, 15) is 8.42 Å². The molecule has 0 spiro atoms. The van der Waals surface area contributed by atoms with E-state index in [0.29, 0.717) is 0 Å². The number of rotatable bonds is 4. The van der Waals surface area contributed by atoms with Crippen LogP contribution in [-0.2, 0) is 10.0 Å². The van der Waals surface area contributed by atoms with Gasteiger partial charge in [0.15, 0.2) is 0 Å². The minimum absolute atomic E-state index is 0.267. The molecule has 0 saturated carbocycles. The van der Waals surface area contributed by atoms with E-state index in [4.69, 9.17) is 0 Å². The van der Waals surface area contributed by atoms with E-state index in [1.54, 1.807) is 24.3 Å². The minimum atomic E-state index is -3.44. The first kappa shape index (κ1) is 18.4. The van der Waals surface area contributed by atoms with Crippen molar-refractivity contribution in [2.75, 3.05) is 14.1 Å². The van der Waals surface area contributed by atoms with Crippen LogP contribution in [0, 0.1) is 20.8 Å². The van der Waals surface area contributed by atoms with Crippen molar-refractivity contribution in [3.05, 3.63) is 65.4 Å². The van der Waals surface area contributed by atoms with Gasteiger partial charge in [0.25, 0.3) is 0 Å². The van der Waals surface area contributed by atoms with Gasteiger partial charge in [-0.05, 0) is 50.6 Å². The molecule has 5 nitrogen and oxygen atoms in total. The van der Waals surface area contributed by atoms with Crippen LogP contribution in [0.15, 0.2) is 53.4 Å². The van der Waals surface area contributed by atoms with Crippen LogP contribution in [0.4, 0.5) is 0 Å². The molecular formula is C20H23N3O2S. The predicted octanol–water partition coefficient (Wildman–Crippen LogP) is 3.71. The Labute approximate surface area is 154 Å². The lowest BCUT2D eigenvalue weighted by atomic mass is 10.1. The lowest BCUT2D eigenvalue weighted by Gasteiger charge is -2.13. The molecule has 0 aliphatic rings. The molecule has 1 aromatic heterocycles. The molecule has 2 aromatic carbocycles. The van der Waals surface area contributed by atoms with Gasteiger partial charge in [-0.15, -0.1) is 0 Å². The summed E-state index contributed by atoms with van der Waals surface area (Å²) in [5.74, 6) is 0. The Morgan fingerprint density at radius 3 is 2.00 bits per heavy atom. The first-order valence-electron chi connectivity index (χ1n) is 8.38. The second-order valence-electron chi connectivity index (χ2n) is 6.62. The number of nitrogens with zero attached hydrogens (tertiary/aromatic N) is 3. The highest BCUT2D eigenvalue weighted by molar-refractivity contribution is 7.89. The number of hydrogen-bond donors (Lipinski definition) is 0. The van der Waals surface area contributed by atoms with Crippen LogP contribution in [0.3, 0.4) is 0 Å². The van der Waals surface area contributed by atoms with Crippen LogP contribution in [-0.4, -0.2) is 36.6 Å². The van der Waals surface area contributed by atoms with Crippen LogP contribution < -0.4 is 0 Å². The van der Waals surface area contributed by atoms with Crippen molar-refractivity contribution >= 4 is 10.0 Å². The molecule has 1 heterocycles. The third-order valence-corrected chi connectivity index (χ3v) is 6.37. The summed E-state index contributed by atoms with van der Waals surface area (Å²) in [6.07, 6.45) is 0. The highest BCUT2D eigenvalue weighted by Crippen LogP contribution is 2.29. The van der Waals surface area contributed by atoms with E-state index >= 15 is 0 Å². The molecule has 3 rings (SSSR count). The summed E-state index contributed by atoms with van der Waals surface area (Å²) in [6.45, 7) is 6.09. The molecule has 0 aliphatic heterocycles. The Morgan fingerprint density at radius 2 is 1.46 bits per heavy atom. The fraction of sp³-hybridized carbons (Fsp3) is 0.250. The quantitative estimate of drug-likeness (QED) is 0.704. The van der Waals surface area contributed by atoms with Gasteiger partial charge in [-0.3, -0.25) is 0 Å². The Balaban J connectivity index is 2.11. The first-order chi connectivity index (χ1) is 12.2. The van der Waals surface area contributed by atoms with Crippen molar-refractivity contribution < 1.29 is 8.42 Å². The van der Waals surface area contributed by atoms with E-state index in [1.807, 2.05) is 11.6 Å². The molecule has 6 heteroatoms. The monoisotopic (exact) mass is 369 g/mol. The zero-order valence-electron chi connectivity index (χ0n) is 15.7. The summed E-state index contributed by atoms with van der Waals surface area (Å²) < 4.78 is 27.6. The third kappa shape index (κ3) is 3.18. The summed E-state index contributed by atoms with van der Waals surface area (Å²) in [4.78, 5) is 0.267. The number of benzene rings is 2. The van der Waals surface area contributed by atoms with Crippen LogP contribution >= 0.6 is 0 Å². The Kier molecular flexibility index (Phi) is 4.73. The molecular weight excluding hydrogens is 346 g/mol. The zero-order valence-corrected chi connectivity index (χ0v) is 16.5. The number of sulfonamides is 1. The standard InChI is InChI=1S/C20H23N3O2S/c1-14-6-8-17(9-7-14)20-15(2)16(3)21-23(20)18-10-12-19(13-11-18)26(24,25)22(4)5/h6-13H,1-5H3. The molecule has 0 fully saturated rings. The molecule has 0 unspecified atom stereocenters. The van der Waals surface area contributed by atoms with Gasteiger partial charge in [0, 0.05) is 19.7 Å². The van der Waals surface area contributed by atoms with E-state index in [-0.39, 0.29) is 4.90 Å². The highest BCUT2D eigenvalue weighted by atomic mass is 32.2. The number of hydrogen-bond acceptors (Lipinski definition) is 3. The fourth-order valence-corrected chi connectivity index (χ4v) is 3.71. The lowest BCUT2D eigenvalue weighted by Crippen LogP contribution is -2.22. The Morgan fingerprint density at radius 1 is 0.885 bits per heavy atom. The fourth-order valence-electron chi connectivity index (χ4n) is 2.81. The van der Waals surface area contributed by atoms with E-state index < -0.39 is 10.0 Å². The van der Waals surface area contributed by atoms with Gasteiger partial charge in [0.2, 0.25) is 10.0 Å². The molecule has 0 atom stereocenters. The lowest BCUT2D eigenvalue weighted by molar-refractivity contribution is 0.520. The van der Waals surface area contributed by atoms with Gasteiger partial charge >= 0.3 is 0 Å². The van der Waals surface area contributed by atoms with Gasteiger partial charge in [-0.2, -0.15) is 5.10 Å². The maximum absolute atomic E-state index is 12.3. The molecule has 0 aliphatic carbocycles. The molecule has 0 amide bonds. The maximum atomic E-state index is 12.3. The summed E-state index contributed by atoms with van der Waals surface area (Å²) in [6, 6.07) is 15.1. The van der Waals surface area contributed by atoms with E-state index in [2.05, 4.69) is 43.2 Å². The average Bonchev–Trinajstić information content (AvgIpc) is 2.91. The topological polar surface area (TPSA) is 55.2 Å². The molecule has 136 valence electrons. The van der Waals surface area contributed by atoms with Crippen LogP contribution in [0.25, 0.3) is 16.9 Å². The van der Waals surface area contributed by atoms with Crippen molar-refractivity contribution in [3.8, 4) is 16.9 Å². The van der Waals surface area contributed by atoms with E-state index in [1.165, 1.54) is 24.0 Å². The maximum Gasteiger partial charge on any atom is 0.242 e. The van der Waals surface area contributed by atoms with Crippen molar-refractivity contribution in [3.63, 3.8) is 0 Å². The minimum Gasteiger partial charge on any atom is -0.233 e. The van der Waals surface area contributed by atoms with Crippen LogP contribution in [0.1, 0.15) is 16.8 Å². The third-order valence-electron chi connectivity index (χ3n) is 4.54. The van der Waals surface area contributed by atoms with Crippen LogP contribution in [0.2, 0.25) is 0 Å². The first-order valence-corrected chi connectivity index (χ1v) is 9.82. The average molecular weight is 369 g/mol. The normalized spacial score (nSPS) is 11.9. The molecule has 0 radical (unpaired) electrons. The molecule has 3 aromatic rings. The summed E-state index contributed by atoms with van der Waals surface area (Å²) in [5, 5.41) is 4.66. The van der Waals surface area contributed by atoms with Crippen LogP contribution in [0.5, 0.6) is 0 Å². The second kappa shape index (κ2) is 6.70. The summed E-state index contributed by atoms with van der Waals surface area (Å²) in [5.41, 5.74) is 6.19. The zero-order chi connectivity index (χ0) is 19.1. The largest absolute Gasteiger partial charge is 0.242 e. The molecule has 0 N–H and O–H groups in total. The summed E-state index contributed by atoms with van der Waals surface area (Å²) >= 11 is 0. The summed E-state index contributed by atoms with van der Waals surface area (Å²) in [7, 11) is -0.389. The second-order valence-corrected chi connectivity index (χ2v) is 8.77. The van der Waals surface area contributed by atoms with Crippen molar-refractivity contribution in [1.29, 1.82) is 0 Å². The molecule has 0 saturated heterocycles. The highest BCUT2D eigenvalue weighted by Gasteiger charge is 2.19. The van der Waals surface area contributed by atoms with Gasteiger partial charge in [-0.25, -0.2) is 17.4 Å². The van der Waals surface area contributed by atoms with E-state index in [0.717, 1.165) is 28.2 Å². The SMILES string of the molecule is Cc1ccc(-c2c(C)c(C)nn2-c2ccc(S(=O)(=O)N(C)C)cc2)cc1. The molecule has 26 heavy (non-hydrogen) atoms. The molecule has 0 bridgehead atoms. The van der Waals surface area contributed by atoms with Crippen molar-refractivity contribution in [2.24, 2.45) is 0 Å². The Bertz CT molecular complexity index is 1030. The van der Waals surface area contributed by atoms with Gasteiger partial charge in [0.05, 0.1) is 22.0 Å². The van der Waals surface area contributed by atoms with Gasteiger partial charge in [0.1, 0.15) is 0 Å². The number of aromatic nitrogens is 2. The Hall–Kier alpha value is -2.44.